The van der Waals surface area contributed by atoms with Gasteiger partial charge in [0.15, 0.2) is 0 Å². The van der Waals surface area contributed by atoms with Crippen molar-refractivity contribution in [1.82, 2.24) is 25.6 Å². The first-order chi connectivity index (χ1) is 12.0. The fourth-order valence-corrected chi connectivity index (χ4v) is 2.39. The van der Waals surface area contributed by atoms with E-state index in [9.17, 15) is 9.59 Å². The van der Waals surface area contributed by atoms with Crippen molar-refractivity contribution in [1.29, 1.82) is 0 Å². The smallest absolute Gasteiger partial charge is 0.267 e. The van der Waals surface area contributed by atoms with Crippen molar-refractivity contribution in [3.05, 3.63) is 77.4 Å². The molecule has 0 unspecified atom stereocenters. The van der Waals surface area contributed by atoms with Gasteiger partial charge in [0.05, 0.1) is 11.4 Å². The summed E-state index contributed by atoms with van der Waals surface area (Å²) < 4.78 is 1.81. The van der Waals surface area contributed by atoms with E-state index in [1.54, 1.807) is 47.1 Å². The molecule has 2 heterocycles. The number of nitrogens with one attached hydrogen (secondary N) is 2. The standard InChI is InChI=1S/C18H17N5O2/c1-12-11-13(2)23(22-12)15-8-6-14(7-9-15)17(24)20-21-18(25)16-5-3-4-10-19-16/h3-11H,1-2H3,(H,20,24)(H,21,25). The molecule has 0 atom stereocenters. The number of hydrogen-bond donors (Lipinski definition) is 2. The topological polar surface area (TPSA) is 88.9 Å². The molecule has 1 aromatic carbocycles. The SMILES string of the molecule is Cc1cc(C)n(-c2ccc(C(=O)NNC(=O)c3ccccn3)cc2)n1. The monoisotopic (exact) mass is 335 g/mol. The summed E-state index contributed by atoms with van der Waals surface area (Å²) in [6.07, 6.45) is 1.51. The van der Waals surface area contributed by atoms with Crippen LogP contribution in [-0.4, -0.2) is 26.6 Å². The highest BCUT2D eigenvalue weighted by Crippen LogP contribution is 2.13. The summed E-state index contributed by atoms with van der Waals surface area (Å²) in [4.78, 5) is 27.9. The highest BCUT2D eigenvalue weighted by molar-refractivity contribution is 5.98. The van der Waals surface area contributed by atoms with Crippen LogP contribution in [0.4, 0.5) is 0 Å². The average Bonchev–Trinajstić information content (AvgIpc) is 2.98. The number of carbonyl (C=O) groups is 2. The second kappa shape index (κ2) is 6.96. The normalized spacial score (nSPS) is 10.3. The van der Waals surface area contributed by atoms with Gasteiger partial charge in [0, 0.05) is 17.5 Å². The van der Waals surface area contributed by atoms with E-state index in [1.807, 2.05) is 19.9 Å². The third-order valence-electron chi connectivity index (χ3n) is 3.57. The summed E-state index contributed by atoms with van der Waals surface area (Å²) in [6.45, 7) is 3.89. The zero-order chi connectivity index (χ0) is 17.8. The maximum absolute atomic E-state index is 12.1. The Labute approximate surface area is 144 Å². The highest BCUT2D eigenvalue weighted by Gasteiger charge is 2.10. The second-order valence-electron chi connectivity index (χ2n) is 5.51. The van der Waals surface area contributed by atoms with Crippen LogP contribution in [-0.2, 0) is 0 Å². The zero-order valence-corrected chi connectivity index (χ0v) is 13.9. The molecule has 2 amide bonds. The maximum atomic E-state index is 12.1. The Balaban J connectivity index is 1.65. The molecule has 126 valence electrons. The number of nitrogens with zero attached hydrogens (tertiary/aromatic N) is 3. The van der Waals surface area contributed by atoms with Gasteiger partial charge in [-0.2, -0.15) is 5.10 Å². The summed E-state index contributed by atoms with van der Waals surface area (Å²) in [5.74, 6) is -0.891. The molecule has 2 N–H and O–H groups in total. The number of rotatable bonds is 3. The second-order valence-corrected chi connectivity index (χ2v) is 5.51. The van der Waals surface area contributed by atoms with Gasteiger partial charge in [0.2, 0.25) is 0 Å². The van der Waals surface area contributed by atoms with Gasteiger partial charge in [-0.3, -0.25) is 25.4 Å². The molecule has 7 heteroatoms. The minimum Gasteiger partial charge on any atom is -0.267 e. The molecule has 0 aliphatic carbocycles. The molecule has 3 aromatic rings. The molecule has 0 aliphatic rings. The van der Waals surface area contributed by atoms with Crippen molar-refractivity contribution in [2.24, 2.45) is 0 Å². The first kappa shape index (κ1) is 16.4. The Hall–Kier alpha value is -3.48. The molecule has 0 radical (unpaired) electrons. The van der Waals surface area contributed by atoms with E-state index in [1.165, 1.54) is 6.20 Å². The van der Waals surface area contributed by atoms with E-state index >= 15 is 0 Å². The number of carbonyl (C=O) groups excluding carboxylic acids is 2. The number of aromatic nitrogens is 3. The molecule has 0 saturated carbocycles. The summed E-state index contributed by atoms with van der Waals surface area (Å²) in [5, 5.41) is 4.40. The molecule has 0 bridgehead atoms. The number of aryl methyl sites for hydroxylation is 2. The Morgan fingerprint density at radius 3 is 2.28 bits per heavy atom. The Bertz CT molecular complexity index is 901. The number of benzene rings is 1. The van der Waals surface area contributed by atoms with Crippen molar-refractivity contribution in [2.45, 2.75) is 13.8 Å². The lowest BCUT2D eigenvalue weighted by Gasteiger charge is -2.08. The van der Waals surface area contributed by atoms with Crippen molar-refractivity contribution < 1.29 is 9.59 Å². The van der Waals surface area contributed by atoms with Gasteiger partial charge in [-0.15, -0.1) is 0 Å². The van der Waals surface area contributed by atoms with Gasteiger partial charge < -0.3 is 0 Å². The van der Waals surface area contributed by atoms with Crippen LogP contribution in [0.2, 0.25) is 0 Å². The highest BCUT2D eigenvalue weighted by atomic mass is 16.2. The molecular formula is C18H17N5O2. The summed E-state index contributed by atoms with van der Waals surface area (Å²) in [6, 6.07) is 13.9. The molecule has 3 rings (SSSR count). The predicted molar refractivity (Wildman–Crippen MR) is 92.2 cm³/mol. The third kappa shape index (κ3) is 3.72. The summed E-state index contributed by atoms with van der Waals surface area (Å²) in [5.41, 5.74) is 8.16. The lowest BCUT2D eigenvalue weighted by atomic mass is 10.2. The number of hydrogen-bond acceptors (Lipinski definition) is 4. The van der Waals surface area contributed by atoms with Crippen molar-refractivity contribution in [3.8, 4) is 5.69 Å². The summed E-state index contributed by atoms with van der Waals surface area (Å²) >= 11 is 0. The van der Waals surface area contributed by atoms with Crippen LogP contribution in [0.3, 0.4) is 0 Å². The quantitative estimate of drug-likeness (QED) is 0.716. The minimum atomic E-state index is -0.479. The first-order valence-electron chi connectivity index (χ1n) is 7.70. The largest absolute Gasteiger partial charge is 0.288 e. The molecule has 25 heavy (non-hydrogen) atoms. The van der Waals surface area contributed by atoms with E-state index in [0.29, 0.717) is 5.56 Å². The van der Waals surface area contributed by atoms with Crippen LogP contribution in [0, 0.1) is 13.8 Å². The fourth-order valence-electron chi connectivity index (χ4n) is 2.39. The Kier molecular flexibility index (Phi) is 4.56. The molecule has 0 spiro atoms. The molecule has 0 aliphatic heterocycles. The van der Waals surface area contributed by atoms with Crippen molar-refractivity contribution in [3.63, 3.8) is 0 Å². The predicted octanol–water partition coefficient (Wildman–Crippen LogP) is 1.96. The van der Waals surface area contributed by atoms with Gasteiger partial charge in [-0.1, -0.05) is 6.07 Å². The fraction of sp³-hybridized carbons (Fsp3) is 0.111. The lowest BCUT2D eigenvalue weighted by Crippen LogP contribution is -2.41. The van der Waals surface area contributed by atoms with E-state index < -0.39 is 11.8 Å². The van der Waals surface area contributed by atoms with Gasteiger partial charge in [0.25, 0.3) is 11.8 Å². The molecule has 0 saturated heterocycles. The minimum absolute atomic E-state index is 0.225. The van der Waals surface area contributed by atoms with Crippen LogP contribution in [0.15, 0.2) is 54.7 Å². The van der Waals surface area contributed by atoms with Crippen LogP contribution >= 0.6 is 0 Å². The maximum Gasteiger partial charge on any atom is 0.288 e. The first-order valence-corrected chi connectivity index (χ1v) is 7.70. The third-order valence-corrected chi connectivity index (χ3v) is 3.57. The van der Waals surface area contributed by atoms with Crippen molar-refractivity contribution >= 4 is 11.8 Å². The van der Waals surface area contributed by atoms with Crippen LogP contribution < -0.4 is 10.9 Å². The van der Waals surface area contributed by atoms with Gasteiger partial charge in [-0.05, 0) is 56.3 Å². The number of amides is 2. The van der Waals surface area contributed by atoms with Gasteiger partial charge in [-0.25, -0.2) is 4.68 Å². The van der Waals surface area contributed by atoms with Gasteiger partial charge >= 0.3 is 0 Å². The molecular weight excluding hydrogens is 318 g/mol. The Morgan fingerprint density at radius 1 is 0.960 bits per heavy atom. The van der Waals surface area contributed by atoms with E-state index in [2.05, 4.69) is 20.9 Å². The molecule has 2 aromatic heterocycles. The zero-order valence-electron chi connectivity index (χ0n) is 13.9. The van der Waals surface area contributed by atoms with Crippen LogP contribution in [0.25, 0.3) is 5.69 Å². The lowest BCUT2D eigenvalue weighted by molar-refractivity contribution is 0.0844. The molecule has 7 nitrogen and oxygen atoms in total. The molecule has 0 fully saturated rings. The van der Waals surface area contributed by atoms with E-state index in [-0.39, 0.29) is 5.69 Å². The van der Waals surface area contributed by atoms with Crippen molar-refractivity contribution in [2.75, 3.05) is 0 Å². The average molecular weight is 335 g/mol. The summed E-state index contributed by atoms with van der Waals surface area (Å²) in [7, 11) is 0. The Morgan fingerprint density at radius 2 is 1.68 bits per heavy atom. The number of hydrazine groups is 1. The van der Waals surface area contributed by atoms with Crippen LogP contribution in [0.1, 0.15) is 32.2 Å². The van der Waals surface area contributed by atoms with E-state index in [0.717, 1.165) is 17.1 Å². The van der Waals surface area contributed by atoms with Gasteiger partial charge in [0.1, 0.15) is 5.69 Å². The van der Waals surface area contributed by atoms with E-state index in [4.69, 9.17) is 0 Å². The number of pyridine rings is 1. The van der Waals surface area contributed by atoms with Crippen LogP contribution in [0.5, 0.6) is 0 Å².